The van der Waals surface area contributed by atoms with E-state index in [1.165, 1.54) is 0 Å². The lowest BCUT2D eigenvalue weighted by Gasteiger charge is -2.18. The van der Waals surface area contributed by atoms with Crippen LogP contribution in [0.5, 0.6) is 0 Å². The molecule has 16 heavy (non-hydrogen) atoms. The largest absolute Gasteiger partial charge is 0.317 e. The van der Waals surface area contributed by atoms with E-state index in [0.29, 0.717) is 5.78 Å². The van der Waals surface area contributed by atoms with Crippen molar-refractivity contribution in [1.82, 2.24) is 10.6 Å². The third-order valence-corrected chi connectivity index (χ3v) is 2.71. The van der Waals surface area contributed by atoms with Crippen molar-refractivity contribution in [3.63, 3.8) is 0 Å². The number of nitrogens with one attached hydrogen (secondary N) is 2. The first kappa shape index (κ1) is 15.6. The molecule has 0 fully saturated rings. The number of unbranched alkanes of at least 4 members (excludes halogenated alkanes) is 1. The number of carbonyl (C=O) groups excluding carboxylic acids is 1. The molecule has 0 saturated heterocycles. The Kier molecular flexibility index (Phi) is 9.54. The minimum Gasteiger partial charge on any atom is -0.317 e. The Hall–Kier alpha value is -0.410. The van der Waals surface area contributed by atoms with E-state index < -0.39 is 0 Å². The number of carbonyl (C=O) groups is 1. The molecule has 0 radical (unpaired) electrons. The molecule has 0 spiro atoms. The monoisotopic (exact) mass is 228 g/mol. The summed E-state index contributed by atoms with van der Waals surface area (Å²) in [7, 11) is 0. The molecule has 0 aliphatic rings. The molecule has 0 rings (SSSR count). The number of ketones is 1. The number of likely N-dealkylation sites (N-methyl/N-ethyl adjacent to an activating group) is 1. The molecular weight excluding hydrogens is 200 g/mol. The smallest absolute Gasteiger partial charge is 0.152 e. The van der Waals surface area contributed by atoms with Gasteiger partial charge in [-0.05, 0) is 32.5 Å². The quantitative estimate of drug-likeness (QED) is 0.562. The molecular formula is C13H28N2O. The zero-order chi connectivity index (χ0) is 12.4. The van der Waals surface area contributed by atoms with Crippen molar-refractivity contribution in [2.45, 2.75) is 53.0 Å². The minimum atomic E-state index is 0.0617. The fourth-order valence-electron chi connectivity index (χ4n) is 1.77. The molecule has 0 aromatic rings. The maximum absolute atomic E-state index is 11.9. The van der Waals surface area contributed by atoms with Crippen molar-refractivity contribution < 1.29 is 4.79 Å². The highest BCUT2D eigenvalue weighted by molar-refractivity contribution is 5.85. The highest BCUT2D eigenvalue weighted by atomic mass is 16.1. The van der Waals surface area contributed by atoms with Crippen LogP contribution >= 0.6 is 0 Å². The molecule has 0 heterocycles. The third-order valence-electron chi connectivity index (χ3n) is 2.71. The fraction of sp³-hybridized carbons (Fsp3) is 0.923. The summed E-state index contributed by atoms with van der Waals surface area (Å²) in [5, 5.41) is 6.59. The Morgan fingerprint density at radius 1 is 1.12 bits per heavy atom. The summed E-state index contributed by atoms with van der Waals surface area (Å²) >= 11 is 0. The lowest BCUT2D eigenvalue weighted by atomic mass is 9.97. The summed E-state index contributed by atoms with van der Waals surface area (Å²) in [5.74, 6) is 0.489. The standard InChI is InChI=1S/C13H28N2O/c1-5-14-10-8-7-9-12(15-6-2)13(16)11(3)4/h11-12,14-15H,5-10H2,1-4H3. The highest BCUT2D eigenvalue weighted by Gasteiger charge is 2.19. The van der Waals surface area contributed by atoms with Crippen molar-refractivity contribution >= 4 is 5.78 Å². The van der Waals surface area contributed by atoms with Crippen molar-refractivity contribution in [2.75, 3.05) is 19.6 Å². The summed E-state index contributed by atoms with van der Waals surface area (Å²) in [6, 6.07) is 0.0617. The third kappa shape index (κ3) is 6.96. The maximum atomic E-state index is 11.9. The van der Waals surface area contributed by atoms with Crippen molar-refractivity contribution in [2.24, 2.45) is 5.92 Å². The molecule has 96 valence electrons. The second-order valence-corrected chi connectivity index (χ2v) is 4.52. The van der Waals surface area contributed by atoms with Gasteiger partial charge in [-0.15, -0.1) is 0 Å². The Morgan fingerprint density at radius 3 is 2.31 bits per heavy atom. The van der Waals surface area contributed by atoms with Crippen molar-refractivity contribution in [3.8, 4) is 0 Å². The van der Waals surface area contributed by atoms with Gasteiger partial charge in [0.1, 0.15) is 0 Å². The van der Waals surface area contributed by atoms with E-state index in [0.717, 1.165) is 38.9 Å². The summed E-state index contributed by atoms with van der Waals surface area (Å²) < 4.78 is 0. The molecule has 0 aliphatic carbocycles. The number of rotatable bonds is 10. The van der Waals surface area contributed by atoms with Crippen LogP contribution in [0.4, 0.5) is 0 Å². The first-order valence-electron chi connectivity index (χ1n) is 6.61. The SMILES string of the molecule is CCNCCCCC(NCC)C(=O)C(C)C. The van der Waals surface area contributed by atoms with Crippen LogP contribution in [0.15, 0.2) is 0 Å². The molecule has 3 heteroatoms. The molecule has 0 aromatic carbocycles. The first-order valence-corrected chi connectivity index (χ1v) is 6.61. The summed E-state index contributed by atoms with van der Waals surface area (Å²) in [4.78, 5) is 11.9. The predicted molar refractivity (Wildman–Crippen MR) is 69.7 cm³/mol. The van der Waals surface area contributed by atoms with Crippen LogP contribution in [0.25, 0.3) is 0 Å². The van der Waals surface area contributed by atoms with Gasteiger partial charge in [-0.3, -0.25) is 4.79 Å². The summed E-state index contributed by atoms with van der Waals surface area (Å²) in [5.41, 5.74) is 0. The number of Topliss-reactive ketones (excluding diaryl/α,β-unsaturated/α-hetero) is 1. The molecule has 1 atom stereocenters. The van der Waals surface area contributed by atoms with Crippen LogP contribution in [-0.2, 0) is 4.79 Å². The van der Waals surface area contributed by atoms with Gasteiger partial charge in [-0.2, -0.15) is 0 Å². The van der Waals surface area contributed by atoms with Crippen LogP contribution in [0.3, 0.4) is 0 Å². The van der Waals surface area contributed by atoms with E-state index in [1.54, 1.807) is 0 Å². The Labute approximate surface area is 100 Å². The Bertz CT molecular complexity index is 181. The van der Waals surface area contributed by atoms with Crippen molar-refractivity contribution in [1.29, 1.82) is 0 Å². The van der Waals surface area contributed by atoms with Crippen LogP contribution < -0.4 is 10.6 Å². The molecule has 0 bridgehead atoms. The van der Waals surface area contributed by atoms with Crippen molar-refractivity contribution in [3.05, 3.63) is 0 Å². The fourth-order valence-corrected chi connectivity index (χ4v) is 1.77. The normalized spacial score (nSPS) is 13.1. The molecule has 1 unspecified atom stereocenters. The second kappa shape index (κ2) is 9.79. The lowest BCUT2D eigenvalue weighted by molar-refractivity contribution is -0.124. The van der Waals surface area contributed by atoms with E-state index in [1.807, 2.05) is 13.8 Å². The molecule has 0 amide bonds. The minimum absolute atomic E-state index is 0.0617. The van der Waals surface area contributed by atoms with E-state index >= 15 is 0 Å². The van der Waals surface area contributed by atoms with Gasteiger partial charge in [0.15, 0.2) is 5.78 Å². The van der Waals surface area contributed by atoms with Gasteiger partial charge in [0.2, 0.25) is 0 Å². The molecule has 0 aromatic heterocycles. The molecule has 3 nitrogen and oxygen atoms in total. The summed E-state index contributed by atoms with van der Waals surface area (Å²) in [6.07, 6.45) is 3.24. The molecule has 0 aliphatic heterocycles. The summed E-state index contributed by atoms with van der Waals surface area (Å²) in [6.45, 7) is 11.1. The van der Waals surface area contributed by atoms with Gasteiger partial charge in [0.25, 0.3) is 0 Å². The van der Waals surface area contributed by atoms with Gasteiger partial charge < -0.3 is 10.6 Å². The second-order valence-electron chi connectivity index (χ2n) is 4.52. The van der Waals surface area contributed by atoms with Crippen LogP contribution in [0, 0.1) is 5.92 Å². The van der Waals surface area contributed by atoms with E-state index in [9.17, 15) is 4.79 Å². The van der Waals surface area contributed by atoms with Gasteiger partial charge in [0.05, 0.1) is 6.04 Å². The molecule has 0 saturated carbocycles. The van der Waals surface area contributed by atoms with Gasteiger partial charge >= 0.3 is 0 Å². The number of hydrogen-bond acceptors (Lipinski definition) is 3. The zero-order valence-corrected chi connectivity index (χ0v) is 11.3. The Morgan fingerprint density at radius 2 is 1.81 bits per heavy atom. The van der Waals surface area contributed by atoms with Crippen LogP contribution in [0.1, 0.15) is 47.0 Å². The molecule has 2 N–H and O–H groups in total. The van der Waals surface area contributed by atoms with E-state index in [4.69, 9.17) is 0 Å². The van der Waals surface area contributed by atoms with Gasteiger partial charge in [-0.1, -0.05) is 34.1 Å². The zero-order valence-electron chi connectivity index (χ0n) is 11.3. The number of hydrogen-bond donors (Lipinski definition) is 2. The first-order chi connectivity index (χ1) is 7.63. The topological polar surface area (TPSA) is 41.1 Å². The average Bonchev–Trinajstić information content (AvgIpc) is 2.26. The lowest BCUT2D eigenvalue weighted by Crippen LogP contribution is -2.39. The van der Waals surface area contributed by atoms with Gasteiger partial charge in [-0.25, -0.2) is 0 Å². The van der Waals surface area contributed by atoms with Crippen LogP contribution in [-0.4, -0.2) is 31.5 Å². The van der Waals surface area contributed by atoms with Crippen LogP contribution in [0.2, 0.25) is 0 Å². The van der Waals surface area contributed by atoms with Gasteiger partial charge in [0, 0.05) is 5.92 Å². The average molecular weight is 228 g/mol. The maximum Gasteiger partial charge on any atom is 0.152 e. The van der Waals surface area contributed by atoms with E-state index in [2.05, 4.69) is 24.5 Å². The predicted octanol–water partition coefficient (Wildman–Crippen LogP) is 1.97. The Balaban J connectivity index is 3.80. The van der Waals surface area contributed by atoms with E-state index in [-0.39, 0.29) is 12.0 Å². The highest BCUT2D eigenvalue weighted by Crippen LogP contribution is 2.07.